The first kappa shape index (κ1) is 24.4. The lowest BCUT2D eigenvalue weighted by atomic mass is 10.4. The van der Waals surface area contributed by atoms with Gasteiger partial charge in [-0.15, -0.1) is 0 Å². The molecular formula is C25H25BrN3OPS. The molecule has 7 heteroatoms. The summed E-state index contributed by atoms with van der Waals surface area (Å²) in [5.74, 6) is 0.721. The van der Waals surface area contributed by atoms with E-state index in [0.717, 1.165) is 24.0 Å². The summed E-state index contributed by atoms with van der Waals surface area (Å²) in [6.07, 6.45) is 3.81. The fourth-order valence-corrected chi connectivity index (χ4v) is 9.02. The van der Waals surface area contributed by atoms with E-state index in [-0.39, 0.29) is 22.1 Å². The Labute approximate surface area is 204 Å². The average Bonchev–Trinajstić information content (AvgIpc) is 3.35. The summed E-state index contributed by atoms with van der Waals surface area (Å²) in [5.41, 5.74) is 0.889. The Morgan fingerprint density at radius 1 is 0.812 bits per heavy atom. The summed E-state index contributed by atoms with van der Waals surface area (Å²) in [7, 11) is -1.95. The number of H-pyrrole nitrogens is 1. The molecule has 4 rings (SSSR count). The van der Waals surface area contributed by atoms with E-state index in [1.165, 1.54) is 27.7 Å². The van der Waals surface area contributed by atoms with Crippen LogP contribution in [-0.2, 0) is 11.2 Å². The number of aromatic nitrogens is 3. The maximum absolute atomic E-state index is 12.8. The zero-order valence-corrected chi connectivity index (χ0v) is 20.9. The predicted molar refractivity (Wildman–Crippen MR) is 132 cm³/mol. The smallest absolute Gasteiger partial charge is 0.192 e. The largest absolute Gasteiger partial charge is 1.00 e. The number of benzene rings is 3. The van der Waals surface area contributed by atoms with E-state index in [4.69, 9.17) is 0 Å². The average molecular weight is 526 g/mol. The Kier molecular flexibility index (Phi) is 9.22. The molecule has 3 aromatic carbocycles. The number of aromatic amines is 1. The molecule has 0 aliphatic heterocycles. The zero-order valence-electron chi connectivity index (χ0n) is 17.6. The van der Waals surface area contributed by atoms with Gasteiger partial charge in [-0.3, -0.25) is 4.79 Å². The molecule has 4 aromatic rings. The topological polar surface area (TPSA) is 58.6 Å². The Morgan fingerprint density at radius 3 is 1.75 bits per heavy atom. The van der Waals surface area contributed by atoms with E-state index in [2.05, 4.69) is 106 Å². The standard InChI is InChI=1S/C25H25N3OPS.BrH/c29-25(31-19-17-21-20-26-28-27-21)16-18-30(22-10-4-1-5-11-22,23-12-6-2-7-13-23)24-14-8-3-9-15-24;/h1-15,20H,16-19H2,(H,26,27,28);1H/q+1;/p-1. The van der Waals surface area contributed by atoms with Crippen LogP contribution in [0.4, 0.5) is 0 Å². The SMILES string of the molecule is O=C(CC[P+](c1ccccc1)(c1ccccc1)c1ccccc1)SCCc1cn[nH]n1.[Br-]. The molecule has 164 valence electrons. The summed E-state index contributed by atoms with van der Waals surface area (Å²) < 4.78 is 0. The van der Waals surface area contributed by atoms with Gasteiger partial charge in [0.25, 0.3) is 0 Å². The number of aryl methyl sites for hydroxylation is 1. The van der Waals surface area contributed by atoms with Crippen LogP contribution in [0.25, 0.3) is 0 Å². The van der Waals surface area contributed by atoms with Gasteiger partial charge in [0.15, 0.2) is 5.12 Å². The number of nitrogens with zero attached hydrogens (tertiary/aromatic N) is 2. The molecule has 0 saturated heterocycles. The number of hydrogen-bond acceptors (Lipinski definition) is 4. The van der Waals surface area contributed by atoms with Crippen LogP contribution in [0.1, 0.15) is 12.1 Å². The van der Waals surface area contributed by atoms with E-state index < -0.39 is 7.26 Å². The van der Waals surface area contributed by atoms with Gasteiger partial charge < -0.3 is 17.0 Å². The summed E-state index contributed by atoms with van der Waals surface area (Å²) in [6.45, 7) is 0. The molecule has 0 fully saturated rings. The van der Waals surface area contributed by atoms with Crippen molar-refractivity contribution in [3.05, 3.63) is 103 Å². The zero-order chi connectivity index (χ0) is 21.4. The molecule has 0 aliphatic rings. The van der Waals surface area contributed by atoms with Crippen molar-refractivity contribution in [1.29, 1.82) is 0 Å². The fraction of sp³-hybridized carbons (Fsp3) is 0.160. The molecule has 0 spiro atoms. The van der Waals surface area contributed by atoms with Crippen LogP contribution in [0.3, 0.4) is 0 Å². The first-order valence-electron chi connectivity index (χ1n) is 10.3. The summed E-state index contributed by atoms with van der Waals surface area (Å²) in [6, 6.07) is 32.1. The molecule has 0 unspecified atom stereocenters. The van der Waals surface area contributed by atoms with Crippen molar-refractivity contribution in [3.63, 3.8) is 0 Å². The molecule has 1 aromatic heterocycles. The Morgan fingerprint density at radius 2 is 1.31 bits per heavy atom. The Bertz CT molecular complexity index is 983. The highest BCUT2D eigenvalue weighted by molar-refractivity contribution is 8.13. The monoisotopic (exact) mass is 525 g/mol. The van der Waals surface area contributed by atoms with Crippen LogP contribution >= 0.6 is 19.0 Å². The second-order valence-corrected chi connectivity index (χ2v) is 12.0. The second kappa shape index (κ2) is 12.1. The van der Waals surface area contributed by atoms with Crippen molar-refractivity contribution in [2.45, 2.75) is 12.8 Å². The van der Waals surface area contributed by atoms with Crippen molar-refractivity contribution in [2.75, 3.05) is 11.9 Å². The van der Waals surface area contributed by atoms with Crippen molar-refractivity contribution >= 4 is 40.1 Å². The van der Waals surface area contributed by atoms with Gasteiger partial charge in [0, 0.05) is 12.2 Å². The third-order valence-corrected chi connectivity index (χ3v) is 10.7. The van der Waals surface area contributed by atoms with Crippen LogP contribution in [0.2, 0.25) is 0 Å². The predicted octanol–water partition coefficient (Wildman–Crippen LogP) is 0.995. The van der Waals surface area contributed by atoms with E-state index >= 15 is 0 Å². The van der Waals surface area contributed by atoms with Gasteiger partial charge >= 0.3 is 0 Å². The van der Waals surface area contributed by atoms with Crippen molar-refractivity contribution < 1.29 is 21.8 Å². The van der Waals surface area contributed by atoms with E-state index in [9.17, 15) is 4.79 Å². The normalized spacial score (nSPS) is 11.0. The lowest BCUT2D eigenvalue weighted by molar-refractivity contribution is -0.110. The molecule has 32 heavy (non-hydrogen) atoms. The molecule has 1 N–H and O–H groups in total. The van der Waals surface area contributed by atoms with Crippen molar-refractivity contribution in [2.24, 2.45) is 0 Å². The minimum Gasteiger partial charge on any atom is -1.00 e. The Balaban J connectivity index is 0.00000289. The molecule has 1 heterocycles. The van der Waals surface area contributed by atoms with Crippen LogP contribution in [0.5, 0.6) is 0 Å². The highest BCUT2D eigenvalue weighted by Gasteiger charge is 2.45. The quantitative estimate of drug-likeness (QED) is 0.331. The van der Waals surface area contributed by atoms with Gasteiger partial charge in [-0.2, -0.15) is 15.4 Å². The molecule has 0 amide bonds. The van der Waals surface area contributed by atoms with Gasteiger partial charge in [-0.25, -0.2) is 0 Å². The van der Waals surface area contributed by atoms with Crippen LogP contribution in [0, 0.1) is 0 Å². The summed E-state index contributed by atoms with van der Waals surface area (Å²) in [4.78, 5) is 12.8. The minimum absolute atomic E-state index is 0. The second-order valence-electron chi connectivity index (χ2n) is 7.22. The van der Waals surface area contributed by atoms with Gasteiger partial charge in [-0.1, -0.05) is 66.4 Å². The third kappa shape index (κ3) is 5.74. The first-order valence-corrected chi connectivity index (χ1v) is 13.3. The highest BCUT2D eigenvalue weighted by atomic mass is 79.9. The van der Waals surface area contributed by atoms with Gasteiger partial charge in [0.05, 0.1) is 24.5 Å². The maximum atomic E-state index is 12.8. The summed E-state index contributed by atoms with van der Waals surface area (Å²) >= 11 is 1.40. The van der Waals surface area contributed by atoms with Gasteiger partial charge in [0.2, 0.25) is 0 Å². The van der Waals surface area contributed by atoms with Gasteiger partial charge in [-0.05, 0) is 36.4 Å². The molecule has 0 atom stereocenters. The number of carbonyl (C=O) groups excluding carboxylic acids is 1. The lowest BCUT2D eigenvalue weighted by Gasteiger charge is -2.27. The third-order valence-electron chi connectivity index (χ3n) is 5.33. The van der Waals surface area contributed by atoms with Crippen molar-refractivity contribution in [3.8, 4) is 0 Å². The molecule has 0 saturated carbocycles. The van der Waals surface area contributed by atoms with E-state index in [0.29, 0.717) is 6.42 Å². The fourth-order valence-electron chi connectivity index (χ4n) is 3.83. The highest BCUT2D eigenvalue weighted by Crippen LogP contribution is 2.55. The number of halogens is 1. The molecule has 0 bridgehead atoms. The number of hydrogen-bond donors (Lipinski definition) is 1. The van der Waals surface area contributed by atoms with Crippen LogP contribution in [-0.4, -0.2) is 32.4 Å². The molecular weight excluding hydrogens is 501 g/mol. The maximum Gasteiger partial charge on any atom is 0.192 e. The van der Waals surface area contributed by atoms with Gasteiger partial charge in [0.1, 0.15) is 23.2 Å². The number of thioether (sulfide) groups is 1. The van der Waals surface area contributed by atoms with Crippen LogP contribution in [0.15, 0.2) is 97.2 Å². The molecule has 0 radical (unpaired) electrons. The van der Waals surface area contributed by atoms with E-state index in [1.54, 1.807) is 6.20 Å². The Hall–Kier alpha value is -2.27. The summed E-state index contributed by atoms with van der Waals surface area (Å²) in [5, 5.41) is 14.7. The molecule has 4 nitrogen and oxygen atoms in total. The minimum atomic E-state index is -1.95. The first-order chi connectivity index (χ1) is 15.3. The van der Waals surface area contributed by atoms with E-state index in [1.807, 2.05) is 0 Å². The number of nitrogens with one attached hydrogen (secondary N) is 1. The lowest BCUT2D eigenvalue weighted by Crippen LogP contribution is -3.00. The number of rotatable bonds is 9. The number of carbonyl (C=O) groups is 1. The molecule has 0 aliphatic carbocycles. The van der Waals surface area contributed by atoms with Crippen LogP contribution < -0.4 is 32.9 Å². The van der Waals surface area contributed by atoms with Crippen molar-refractivity contribution in [1.82, 2.24) is 15.4 Å².